The van der Waals surface area contributed by atoms with Crippen LogP contribution in [-0.2, 0) is 0 Å². The minimum atomic E-state index is -0.579. The maximum atomic E-state index is 13.2. The zero-order valence-corrected chi connectivity index (χ0v) is 20.0. The van der Waals surface area contributed by atoms with E-state index in [1.807, 2.05) is 31.3 Å². The van der Waals surface area contributed by atoms with Gasteiger partial charge in [0.1, 0.15) is 5.69 Å². The number of amides is 2. The van der Waals surface area contributed by atoms with Gasteiger partial charge in [0, 0.05) is 16.6 Å². The van der Waals surface area contributed by atoms with Crippen molar-refractivity contribution in [2.24, 2.45) is 0 Å². The summed E-state index contributed by atoms with van der Waals surface area (Å²) >= 11 is 3.13. The van der Waals surface area contributed by atoms with Gasteiger partial charge in [-0.1, -0.05) is 42.5 Å². The molecule has 2 heterocycles. The van der Waals surface area contributed by atoms with Crippen LogP contribution >= 0.6 is 22.7 Å². The lowest BCUT2D eigenvalue weighted by molar-refractivity contribution is 0.0706. The van der Waals surface area contributed by atoms with Crippen molar-refractivity contribution in [3.05, 3.63) is 82.5 Å². The SMILES string of the molecule is C[C@H](NC(=O)c1nc(-c2ncc(-c3ccccc3)s2)sc1C1CC1)c1ccc(C(=O)NO)cc1. The molecule has 2 amide bonds. The molecule has 1 atom stereocenters. The average molecular weight is 491 g/mol. The van der Waals surface area contributed by atoms with Crippen LogP contribution in [0.5, 0.6) is 0 Å². The number of carbonyl (C=O) groups excluding carboxylic acids is 2. The van der Waals surface area contributed by atoms with Crippen LogP contribution in [0.4, 0.5) is 0 Å². The van der Waals surface area contributed by atoms with Gasteiger partial charge in [-0.2, -0.15) is 0 Å². The Morgan fingerprint density at radius 1 is 1.00 bits per heavy atom. The van der Waals surface area contributed by atoms with E-state index in [2.05, 4.69) is 22.4 Å². The molecule has 2 aromatic heterocycles. The molecule has 0 unspecified atom stereocenters. The predicted molar refractivity (Wildman–Crippen MR) is 132 cm³/mol. The normalized spacial score (nSPS) is 13.9. The molecule has 3 N–H and O–H groups in total. The van der Waals surface area contributed by atoms with Crippen LogP contribution in [0.25, 0.3) is 20.5 Å². The molecule has 7 nitrogen and oxygen atoms in total. The molecule has 1 aliphatic carbocycles. The summed E-state index contributed by atoms with van der Waals surface area (Å²) in [6.45, 7) is 1.88. The van der Waals surface area contributed by atoms with Crippen LogP contribution in [0.2, 0.25) is 0 Å². The van der Waals surface area contributed by atoms with E-state index in [1.165, 1.54) is 0 Å². The van der Waals surface area contributed by atoms with Gasteiger partial charge in [0.25, 0.3) is 11.8 Å². The summed E-state index contributed by atoms with van der Waals surface area (Å²) < 4.78 is 0. The quantitative estimate of drug-likeness (QED) is 0.237. The monoisotopic (exact) mass is 490 g/mol. The number of hydrogen-bond donors (Lipinski definition) is 3. The molecule has 0 aliphatic heterocycles. The molecule has 1 aliphatic rings. The maximum Gasteiger partial charge on any atom is 0.274 e. The van der Waals surface area contributed by atoms with Gasteiger partial charge in [0.05, 0.1) is 10.9 Å². The number of nitrogens with one attached hydrogen (secondary N) is 2. The highest BCUT2D eigenvalue weighted by Crippen LogP contribution is 2.47. The summed E-state index contributed by atoms with van der Waals surface area (Å²) in [6.07, 6.45) is 3.99. The fourth-order valence-electron chi connectivity index (χ4n) is 3.65. The van der Waals surface area contributed by atoms with Crippen LogP contribution in [0.1, 0.15) is 63.0 Å². The first-order valence-electron chi connectivity index (χ1n) is 10.9. The number of benzene rings is 2. The fourth-order valence-corrected chi connectivity index (χ4v) is 5.83. The van der Waals surface area contributed by atoms with Crippen molar-refractivity contribution in [3.63, 3.8) is 0 Å². The Balaban J connectivity index is 1.36. The van der Waals surface area contributed by atoms with Crippen molar-refractivity contribution in [2.45, 2.75) is 31.7 Å². The number of rotatable bonds is 7. The van der Waals surface area contributed by atoms with Gasteiger partial charge in [-0.25, -0.2) is 15.4 Å². The molecular formula is C25H22N4O3S2. The van der Waals surface area contributed by atoms with E-state index in [0.717, 1.165) is 43.7 Å². The summed E-state index contributed by atoms with van der Waals surface area (Å²) in [5, 5.41) is 13.4. The van der Waals surface area contributed by atoms with Gasteiger partial charge in [0.2, 0.25) is 0 Å². The van der Waals surface area contributed by atoms with E-state index >= 15 is 0 Å². The number of hydrogen-bond acceptors (Lipinski definition) is 7. The van der Waals surface area contributed by atoms with Gasteiger partial charge in [-0.05, 0) is 48.9 Å². The Hall–Kier alpha value is -3.40. The Morgan fingerprint density at radius 2 is 1.74 bits per heavy atom. The highest BCUT2D eigenvalue weighted by atomic mass is 32.1. The van der Waals surface area contributed by atoms with E-state index < -0.39 is 5.91 Å². The zero-order chi connectivity index (χ0) is 23.7. The van der Waals surface area contributed by atoms with Crippen LogP contribution in [0, 0.1) is 0 Å². The van der Waals surface area contributed by atoms with Gasteiger partial charge in [-0.15, -0.1) is 22.7 Å². The van der Waals surface area contributed by atoms with E-state index in [0.29, 0.717) is 17.2 Å². The number of carbonyl (C=O) groups is 2. The minimum Gasteiger partial charge on any atom is -0.344 e. The van der Waals surface area contributed by atoms with Crippen molar-refractivity contribution in [1.29, 1.82) is 0 Å². The van der Waals surface area contributed by atoms with Gasteiger partial charge < -0.3 is 5.32 Å². The van der Waals surface area contributed by atoms with Crippen molar-refractivity contribution >= 4 is 34.5 Å². The lowest BCUT2D eigenvalue weighted by Crippen LogP contribution is -2.27. The van der Waals surface area contributed by atoms with Gasteiger partial charge in [0.15, 0.2) is 10.0 Å². The third kappa shape index (κ3) is 4.63. The molecule has 4 aromatic rings. The Labute approximate surface area is 204 Å². The lowest BCUT2D eigenvalue weighted by Gasteiger charge is -2.14. The highest BCUT2D eigenvalue weighted by molar-refractivity contribution is 7.23. The predicted octanol–water partition coefficient (Wildman–Crippen LogP) is 5.42. The first-order chi connectivity index (χ1) is 16.5. The minimum absolute atomic E-state index is 0.214. The largest absolute Gasteiger partial charge is 0.344 e. The fraction of sp³-hybridized carbons (Fsp3) is 0.200. The first kappa shape index (κ1) is 22.4. The Bertz CT molecular complexity index is 1330. The van der Waals surface area contributed by atoms with E-state index in [9.17, 15) is 9.59 Å². The lowest BCUT2D eigenvalue weighted by atomic mass is 10.1. The van der Waals surface area contributed by atoms with Crippen molar-refractivity contribution in [1.82, 2.24) is 20.8 Å². The van der Waals surface area contributed by atoms with Crippen LogP contribution < -0.4 is 10.8 Å². The van der Waals surface area contributed by atoms with Crippen molar-refractivity contribution in [2.75, 3.05) is 0 Å². The van der Waals surface area contributed by atoms with Gasteiger partial charge in [-0.3, -0.25) is 14.8 Å². The summed E-state index contributed by atoms with van der Waals surface area (Å²) in [5.41, 5.74) is 4.38. The molecule has 9 heteroatoms. The second kappa shape index (κ2) is 9.46. The van der Waals surface area contributed by atoms with E-state index in [4.69, 9.17) is 10.2 Å². The summed E-state index contributed by atoms with van der Waals surface area (Å²) in [6, 6.07) is 16.5. The summed E-state index contributed by atoms with van der Waals surface area (Å²) in [7, 11) is 0. The van der Waals surface area contributed by atoms with Crippen LogP contribution in [0.15, 0.2) is 60.8 Å². The molecule has 1 saturated carbocycles. The maximum absolute atomic E-state index is 13.2. The smallest absolute Gasteiger partial charge is 0.274 e. The number of thiazole rings is 2. The molecular weight excluding hydrogens is 468 g/mol. The molecule has 34 heavy (non-hydrogen) atoms. The molecule has 0 radical (unpaired) electrons. The van der Waals surface area contributed by atoms with Gasteiger partial charge >= 0.3 is 0 Å². The van der Waals surface area contributed by atoms with E-state index in [1.54, 1.807) is 52.4 Å². The standard InChI is InChI=1S/C25H22N4O3S2/c1-14(15-7-11-18(12-8-15)22(30)29-32)27-23(31)20-21(17-9-10-17)34-25(28-20)24-26-13-19(33-24)16-5-3-2-4-6-16/h2-8,11-14,17,32H,9-10H2,1H3,(H,27,31)(H,29,30)/t14-/m0/s1. The number of nitrogens with zero attached hydrogens (tertiary/aromatic N) is 2. The summed E-state index contributed by atoms with van der Waals surface area (Å²) in [4.78, 5) is 36.1. The van der Waals surface area contributed by atoms with Crippen molar-refractivity contribution in [3.8, 4) is 20.5 Å². The topological polar surface area (TPSA) is 104 Å². The van der Waals surface area contributed by atoms with Crippen molar-refractivity contribution < 1.29 is 14.8 Å². The third-order valence-corrected chi connectivity index (χ3v) is 8.09. The molecule has 172 valence electrons. The Morgan fingerprint density at radius 3 is 2.41 bits per heavy atom. The second-order valence-corrected chi connectivity index (χ2v) is 10.2. The first-order valence-corrected chi connectivity index (χ1v) is 12.5. The number of aromatic nitrogens is 2. The molecule has 0 spiro atoms. The summed E-state index contributed by atoms with van der Waals surface area (Å²) in [5.74, 6) is -0.411. The van der Waals surface area contributed by atoms with Crippen LogP contribution in [-0.4, -0.2) is 27.0 Å². The van der Waals surface area contributed by atoms with E-state index in [-0.39, 0.29) is 11.9 Å². The molecule has 0 bridgehead atoms. The number of hydroxylamine groups is 1. The molecule has 2 aromatic carbocycles. The Kier molecular flexibility index (Phi) is 6.23. The van der Waals surface area contributed by atoms with Crippen LogP contribution in [0.3, 0.4) is 0 Å². The molecule has 1 fully saturated rings. The third-order valence-electron chi connectivity index (χ3n) is 5.69. The molecule has 0 saturated heterocycles. The molecule has 5 rings (SSSR count). The zero-order valence-electron chi connectivity index (χ0n) is 18.3. The average Bonchev–Trinajstić information content (AvgIpc) is 3.42. The highest BCUT2D eigenvalue weighted by Gasteiger charge is 2.33. The second-order valence-electron chi connectivity index (χ2n) is 8.16.